The van der Waals surface area contributed by atoms with E-state index < -0.39 is 0 Å². The zero-order valence-corrected chi connectivity index (χ0v) is 12.1. The molecule has 2 heterocycles. The van der Waals surface area contributed by atoms with Crippen LogP contribution in [0.15, 0.2) is 27.3 Å². The summed E-state index contributed by atoms with van der Waals surface area (Å²) < 4.78 is 0.977. The second-order valence-electron chi connectivity index (χ2n) is 4.10. The quantitative estimate of drug-likeness (QED) is 0.853. The van der Waals surface area contributed by atoms with Gasteiger partial charge in [-0.25, -0.2) is 15.0 Å². The van der Waals surface area contributed by atoms with Crippen molar-refractivity contribution < 1.29 is 0 Å². The van der Waals surface area contributed by atoms with Crippen LogP contribution in [0.3, 0.4) is 0 Å². The maximum absolute atomic E-state index is 5.90. The van der Waals surface area contributed by atoms with Crippen LogP contribution in [0.5, 0.6) is 0 Å². The van der Waals surface area contributed by atoms with Crippen molar-refractivity contribution in [3.8, 4) is 0 Å². The van der Waals surface area contributed by atoms with E-state index >= 15 is 0 Å². The van der Waals surface area contributed by atoms with Gasteiger partial charge in [-0.15, -0.1) is 11.3 Å². The fourth-order valence-corrected chi connectivity index (χ4v) is 3.04. The van der Waals surface area contributed by atoms with Gasteiger partial charge >= 0.3 is 0 Å². The second-order valence-corrected chi connectivity index (χ2v) is 6.18. The number of hydrogen-bond donors (Lipinski definition) is 1. The van der Waals surface area contributed by atoms with Gasteiger partial charge < -0.3 is 5.73 Å². The molecule has 2 aromatic rings. The number of hydrogen-bond acceptors (Lipinski definition) is 6. The highest BCUT2D eigenvalue weighted by atomic mass is 32.2. The average molecular weight is 280 g/mol. The van der Waals surface area contributed by atoms with E-state index in [1.165, 1.54) is 11.8 Å². The average Bonchev–Trinajstić information content (AvgIpc) is 2.77. The zero-order chi connectivity index (χ0) is 13.0. The fraction of sp³-hybridized carbons (Fsp3) is 0.417. The molecule has 0 aliphatic heterocycles. The molecule has 0 radical (unpaired) electrons. The molecule has 0 aromatic carbocycles. The molecule has 0 bridgehead atoms. The number of nitrogens with two attached hydrogens (primary N) is 1. The highest BCUT2D eigenvalue weighted by Crippen LogP contribution is 2.27. The molecule has 0 amide bonds. The molecule has 1 unspecified atom stereocenters. The lowest BCUT2D eigenvalue weighted by Gasteiger charge is -2.07. The van der Waals surface area contributed by atoms with E-state index in [1.807, 2.05) is 24.7 Å². The van der Waals surface area contributed by atoms with Gasteiger partial charge in [0.15, 0.2) is 9.50 Å². The van der Waals surface area contributed by atoms with Crippen LogP contribution >= 0.6 is 23.1 Å². The van der Waals surface area contributed by atoms with Crippen molar-refractivity contribution in [2.45, 2.75) is 42.2 Å². The summed E-state index contributed by atoms with van der Waals surface area (Å²) in [6, 6.07) is 0.189. The smallest absolute Gasteiger partial charge is 0.194 e. The van der Waals surface area contributed by atoms with Gasteiger partial charge in [-0.05, 0) is 37.1 Å². The number of aryl methyl sites for hydroxylation is 1. The molecular weight excluding hydrogens is 264 g/mol. The standard InChI is InChI=1S/C12H16N4S2/c1-3-10(13)4-9-5-14-11(15-6-9)18-12-16-8(2)7-17-12/h5-7,10H,3-4,13H2,1-2H3. The van der Waals surface area contributed by atoms with Gasteiger partial charge in [0, 0.05) is 29.5 Å². The summed E-state index contributed by atoms with van der Waals surface area (Å²) in [6.07, 6.45) is 5.50. The molecule has 2 rings (SSSR count). The number of nitrogens with zero attached hydrogens (tertiary/aromatic N) is 3. The van der Waals surface area contributed by atoms with E-state index in [-0.39, 0.29) is 6.04 Å². The van der Waals surface area contributed by atoms with Crippen LogP contribution in [0.4, 0.5) is 0 Å². The first kappa shape index (κ1) is 13.5. The lowest BCUT2D eigenvalue weighted by atomic mass is 10.1. The SMILES string of the molecule is CCC(N)Cc1cnc(Sc2nc(C)cs2)nc1. The number of aromatic nitrogens is 3. The first-order valence-electron chi connectivity index (χ1n) is 5.84. The Labute approximate surface area is 115 Å². The lowest BCUT2D eigenvalue weighted by molar-refractivity contribution is 0.641. The first-order chi connectivity index (χ1) is 8.67. The highest BCUT2D eigenvalue weighted by molar-refractivity contribution is 8.00. The molecule has 0 fully saturated rings. The Morgan fingerprint density at radius 1 is 1.39 bits per heavy atom. The third-order valence-electron chi connectivity index (χ3n) is 2.48. The maximum atomic E-state index is 5.90. The summed E-state index contributed by atoms with van der Waals surface area (Å²) in [5, 5.41) is 2.76. The monoisotopic (exact) mass is 280 g/mol. The van der Waals surface area contributed by atoms with Crippen molar-refractivity contribution in [2.24, 2.45) is 5.73 Å². The van der Waals surface area contributed by atoms with Crippen LogP contribution < -0.4 is 5.73 Å². The highest BCUT2D eigenvalue weighted by Gasteiger charge is 2.06. The summed E-state index contributed by atoms with van der Waals surface area (Å²) in [5.74, 6) is 0. The number of thiazole rings is 1. The molecule has 6 heteroatoms. The van der Waals surface area contributed by atoms with Crippen molar-refractivity contribution in [1.29, 1.82) is 0 Å². The van der Waals surface area contributed by atoms with Gasteiger partial charge in [0.05, 0.1) is 0 Å². The zero-order valence-electron chi connectivity index (χ0n) is 10.5. The third kappa shape index (κ3) is 3.76. The van der Waals surface area contributed by atoms with Gasteiger partial charge in [0.1, 0.15) is 0 Å². The fourth-order valence-electron chi connectivity index (χ4n) is 1.41. The minimum Gasteiger partial charge on any atom is -0.327 e. The molecule has 0 saturated carbocycles. The predicted molar refractivity (Wildman–Crippen MR) is 75.0 cm³/mol. The summed E-state index contributed by atoms with van der Waals surface area (Å²) in [6.45, 7) is 4.07. The van der Waals surface area contributed by atoms with Crippen LogP contribution in [0.25, 0.3) is 0 Å². The molecule has 0 spiro atoms. The summed E-state index contributed by atoms with van der Waals surface area (Å²) in [4.78, 5) is 13.0. The van der Waals surface area contributed by atoms with Crippen molar-refractivity contribution in [3.63, 3.8) is 0 Å². The Kier molecular flexibility index (Phi) is 4.68. The van der Waals surface area contributed by atoms with Crippen LogP contribution in [0.2, 0.25) is 0 Å². The third-order valence-corrected chi connectivity index (χ3v) is 4.43. The molecule has 18 heavy (non-hydrogen) atoms. The van der Waals surface area contributed by atoms with Gasteiger partial charge in [-0.1, -0.05) is 6.92 Å². The maximum Gasteiger partial charge on any atom is 0.194 e. The van der Waals surface area contributed by atoms with Crippen molar-refractivity contribution in [1.82, 2.24) is 15.0 Å². The van der Waals surface area contributed by atoms with E-state index in [0.717, 1.165) is 33.6 Å². The van der Waals surface area contributed by atoms with E-state index in [1.54, 1.807) is 11.3 Å². The van der Waals surface area contributed by atoms with Crippen molar-refractivity contribution in [2.75, 3.05) is 0 Å². The molecule has 0 aliphatic carbocycles. The van der Waals surface area contributed by atoms with Crippen molar-refractivity contribution >= 4 is 23.1 Å². The number of rotatable bonds is 5. The van der Waals surface area contributed by atoms with Gasteiger partial charge in [-0.2, -0.15) is 0 Å². The minimum absolute atomic E-state index is 0.189. The van der Waals surface area contributed by atoms with E-state index in [9.17, 15) is 0 Å². The van der Waals surface area contributed by atoms with E-state index in [2.05, 4.69) is 21.9 Å². The summed E-state index contributed by atoms with van der Waals surface area (Å²) >= 11 is 3.11. The molecule has 96 valence electrons. The Morgan fingerprint density at radius 3 is 2.67 bits per heavy atom. The second kappa shape index (κ2) is 6.26. The van der Waals surface area contributed by atoms with Gasteiger partial charge in [0.25, 0.3) is 0 Å². The van der Waals surface area contributed by atoms with Crippen LogP contribution in [0.1, 0.15) is 24.6 Å². The van der Waals surface area contributed by atoms with E-state index in [4.69, 9.17) is 5.73 Å². The van der Waals surface area contributed by atoms with Crippen LogP contribution in [-0.2, 0) is 6.42 Å². The molecule has 4 nitrogen and oxygen atoms in total. The molecule has 0 aliphatic rings. The summed E-state index contributed by atoms with van der Waals surface area (Å²) in [5.41, 5.74) is 8.02. The summed E-state index contributed by atoms with van der Waals surface area (Å²) in [7, 11) is 0. The molecule has 2 aromatic heterocycles. The molecule has 2 N–H and O–H groups in total. The first-order valence-corrected chi connectivity index (χ1v) is 7.53. The molecule has 0 saturated heterocycles. The van der Waals surface area contributed by atoms with Crippen molar-refractivity contribution in [3.05, 3.63) is 29.0 Å². The van der Waals surface area contributed by atoms with Gasteiger partial charge in [0.2, 0.25) is 0 Å². The minimum atomic E-state index is 0.189. The Balaban J connectivity index is 1.99. The van der Waals surface area contributed by atoms with Crippen LogP contribution in [-0.4, -0.2) is 21.0 Å². The largest absolute Gasteiger partial charge is 0.327 e. The predicted octanol–water partition coefficient (Wildman–Crippen LogP) is 2.67. The van der Waals surface area contributed by atoms with E-state index in [0.29, 0.717) is 0 Å². The Hall–Kier alpha value is -0.980. The Morgan fingerprint density at radius 2 is 2.11 bits per heavy atom. The topological polar surface area (TPSA) is 64.7 Å². The van der Waals surface area contributed by atoms with Gasteiger partial charge in [-0.3, -0.25) is 0 Å². The molecular formula is C12H16N4S2. The molecule has 1 atom stereocenters. The lowest BCUT2D eigenvalue weighted by Crippen LogP contribution is -2.21. The normalized spacial score (nSPS) is 12.6. The Bertz CT molecular complexity index is 495. The van der Waals surface area contributed by atoms with Crippen LogP contribution in [0, 0.1) is 6.92 Å².